The van der Waals surface area contributed by atoms with E-state index in [2.05, 4.69) is 0 Å². The molecule has 0 spiro atoms. The van der Waals surface area contributed by atoms with E-state index in [1.165, 1.54) is 0 Å². The van der Waals surface area contributed by atoms with Crippen molar-refractivity contribution < 1.29 is 4.39 Å². The third kappa shape index (κ3) is 1.34. The molecule has 64 valence electrons. The number of hydrogen-bond acceptors (Lipinski definition) is 1. The number of halogens is 1. The Morgan fingerprint density at radius 1 is 1.50 bits per heavy atom. The van der Waals surface area contributed by atoms with Crippen molar-refractivity contribution in [3.63, 3.8) is 0 Å². The van der Waals surface area contributed by atoms with Gasteiger partial charge < -0.3 is 5.73 Å². The van der Waals surface area contributed by atoms with Crippen LogP contribution in [0, 0.1) is 0 Å². The van der Waals surface area contributed by atoms with E-state index in [-0.39, 0.29) is 5.92 Å². The first-order valence-electron chi connectivity index (χ1n) is 4.24. The maximum Gasteiger partial charge on any atom is 0.108 e. The van der Waals surface area contributed by atoms with Gasteiger partial charge in [-0.1, -0.05) is 24.3 Å². The van der Waals surface area contributed by atoms with E-state index >= 15 is 0 Å². The summed E-state index contributed by atoms with van der Waals surface area (Å²) in [6, 6.07) is 7.90. The van der Waals surface area contributed by atoms with Crippen LogP contribution in [-0.4, -0.2) is 6.17 Å². The summed E-state index contributed by atoms with van der Waals surface area (Å²) < 4.78 is 12.7. The van der Waals surface area contributed by atoms with E-state index in [0.717, 1.165) is 11.1 Å². The first-order chi connectivity index (χ1) is 5.81. The molecule has 2 atom stereocenters. The van der Waals surface area contributed by atoms with Gasteiger partial charge in [0.2, 0.25) is 0 Å². The second-order valence-corrected chi connectivity index (χ2v) is 3.31. The monoisotopic (exact) mass is 165 g/mol. The number of benzene rings is 1. The topological polar surface area (TPSA) is 26.0 Å². The smallest absolute Gasteiger partial charge is 0.108 e. The highest BCUT2D eigenvalue weighted by molar-refractivity contribution is 5.30. The van der Waals surface area contributed by atoms with Gasteiger partial charge >= 0.3 is 0 Å². The molecule has 12 heavy (non-hydrogen) atoms. The molecule has 2 N–H and O–H groups in total. The van der Waals surface area contributed by atoms with E-state index in [9.17, 15) is 4.39 Å². The quantitative estimate of drug-likeness (QED) is 0.712. The average Bonchev–Trinajstić information content (AvgIpc) is 2.83. The van der Waals surface area contributed by atoms with E-state index in [4.69, 9.17) is 5.73 Å². The minimum atomic E-state index is -0.613. The third-order valence-electron chi connectivity index (χ3n) is 2.33. The van der Waals surface area contributed by atoms with Crippen molar-refractivity contribution in [2.45, 2.75) is 25.1 Å². The summed E-state index contributed by atoms with van der Waals surface area (Å²) in [5.74, 6) is 0.150. The molecule has 0 saturated heterocycles. The van der Waals surface area contributed by atoms with Crippen LogP contribution in [0.4, 0.5) is 4.39 Å². The summed E-state index contributed by atoms with van der Waals surface area (Å²) in [5, 5.41) is 0. The zero-order valence-corrected chi connectivity index (χ0v) is 6.83. The summed E-state index contributed by atoms with van der Waals surface area (Å²) in [5.41, 5.74) is 7.67. The average molecular weight is 165 g/mol. The van der Waals surface area contributed by atoms with Crippen LogP contribution >= 0.6 is 0 Å². The summed E-state index contributed by atoms with van der Waals surface area (Å²) in [7, 11) is 0. The molecule has 1 fully saturated rings. The highest BCUT2D eigenvalue weighted by Gasteiger charge is 2.38. The molecule has 1 aromatic carbocycles. The van der Waals surface area contributed by atoms with Gasteiger partial charge in [0, 0.05) is 12.5 Å². The minimum absolute atomic E-state index is 0.150. The van der Waals surface area contributed by atoms with Gasteiger partial charge in [0.25, 0.3) is 0 Å². The number of nitrogens with two attached hydrogens (primary N) is 1. The van der Waals surface area contributed by atoms with Gasteiger partial charge in [-0.2, -0.15) is 0 Å². The SMILES string of the molecule is NCc1cccc(C2CC2F)c1. The Bertz CT molecular complexity index is 285. The molecule has 1 saturated carbocycles. The Labute approximate surface area is 71.4 Å². The lowest BCUT2D eigenvalue weighted by Gasteiger charge is -2.00. The predicted octanol–water partition coefficient (Wildman–Crippen LogP) is 1.97. The van der Waals surface area contributed by atoms with E-state index < -0.39 is 6.17 Å². The van der Waals surface area contributed by atoms with Crippen LogP contribution in [0.25, 0.3) is 0 Å². The molecule has 0 aromatic heterocycles. The van der Waals surface area contributed by atoms with Gasteiger partial charge in [-0.15, -0.1) is 0 Å². The number of hydrogen-bond donors (Lipinski definition) is 1. The maximum atomic E-state index is 12.7. The second kappa shape index (κ2) is 2.87. The molecule has 2 rings (SSSR count). The molecule has 1 aromatic rings. The Kier molecular flexibility index (Phi) is 1.85. The van der Waals surface area contributed by atoms with E-state index in [0.29, 0.717) is 13.0 Å². The van der Waals surface area contributed by atoms with Crippen LogP contribution in [0.3, 0.4) is 0 Å². The second-order valence-electron chi connectivity index (χ2n) is 3.31. The van der Waals surface area contributed by atoms with Gasteiger partial charge in [-0.25, -0.2) is 4.39 Å². The molecular formula is C10H12FN. The fourth-order valence-corrected chi connectivity index (χ4v) is 1.46. The van der Waals surface area contributed by atoms with Crippen LogP contribution in [0.15, 0.2) is 24.3 Å². The van der Waals surface area contributed by atoms with Gasteiger partial charge in [-0.05, 0) is 17.5 Å². The standard InChI is InChI=1S/C10H12FN/c11-10-5-9(10)8-3-1-2-7(4-8)6-12/h1-4,9-10H,5-6,12H2. The molecule has 0 heterocycles. The first kappa shape index (κ1) is 7.74. The van der Waals surface area contributed by atoms with Crippen molar-refractivity contribution in [3.8, 4) is 0 Å². The molecule has 2 heteroatoms. The summed E-state index contributed by atoms with van der Waals surface area (Å²) in [6.45, 7) is 0.539. The molecule has 1 aliphatic carbocycles. The lowest BCUT2D eigenvalue weighted by Crippen LogP contribution is -1.96. The summed E-state index contributed by atoms with van der Waals surface area (Å²) >= 11 is 0. The van der Waals surface area contributed by atoms with E-state index in [1.54, 1.807) is 0 Å². The van der Waals surface area contributed by atoms with Gasteiger partial charge in [0.1, 0.15) is 6.17 Å². The maximum absolute atomic E-state index is 12.7. The lowest BCUT2D eigenvalue weighted by molar-refractivity contribution is 0.468. The highest BCUT2D eigenvalue weighted by atomic mass is 19.1. The number of alkyl halides is 1. The summed E-state index contributed by atoms with van der Waals surface area (Å²) in [4.78, 5) is 0. The van der Waals surface area contributed by atoms with Crippen LogP contribution in [0.5, 0.6) is 0 Å². The Hall–Kier alpha value is -0.890. The summed E-state index contributed by atoms with van der Waals surface area (Å²) in [6.07, 6.45) is 0.0756. The van der Waals surface area contributed by atoms with Crippen LogP contribution in [0.1, 0.15) is 23.5 Å². The molecule has 2 unspecified atom stereocenters. The Balaban J connectivity index is 2.21. The van der Waals surface area contributed by atoms with Crippen molar-refractivity contribution in [1.82, 2.24) is 0 Å². The minimum Gasteiger partial charge on any atom is -0.326 e. The van der Waals surface area contributed by atoms with Gasteiger partial charge in [0.15, 0.2) is 0 Å². The predicted molar refractivity (Wildman–Crippen MR) is 46.6 cm³/mol. The van der Waals surface area contributed by atoms with Crippen molar-refractivity contribution in [3.05, 3.63) is 35.4 Å². The zero-order valence-electron chi connectivity index (χ0n) is 6.83. The molecule has 1 aliphatic rings. The highest BCUT2D eigenvalue weighted by Crippen LogP contribution is 2.43. The van der Waals surface area contributed by atoms with Crippen molar-refractivity contribution in [2.24, 2.45) is 5.73 Å². The lowest BCUT2D eigenvalue weighted by atomic mass is 10.1. The normalized spacial score (nSPS) is 27.2. The fourth-order valence-electron chi connectivity index (χ4n) is 1.46. The van der Waals surface area contributed by atoms with Crippen LogP contribution in [0.2, 0.25) is 0 Å². The van der Waals surface area contributed by atoms with Crippen molar-refractivity contribution in [2.75, 3.05) is 0 Å². The Morgan fingerprint density at radius 2 is 2.25 bits per heavy atom. The van der Waals surface area contributed by atoms with Crippen LogP contribution in [-0.2, 0) is 6.54 Å². The largest absolute Gasteiger partial charge is 0.326 e. The van der Waals surface area contributed by atoms with Crippen molar-refractivity contribution >= 4 is 0 Å². The van der Waals surface area contributed by atoms with E-state index in [1.807, 2.05) is 24.3 Å². The molecule has 1 nitrogen and oxygen atoms in total. The number of rotatable bonds is 2. The van der Waals surface area contributed by atoms with Gasteiger partial charge in [-0.3, -0.25) is 0 Å². The molecule has 0 radical (unpaired) electrons. The third-order valence-corrected chi connectivity index (χ3v) is 2.33. The first-order valence-corrected chi connectivity index (χ1v) is 4.24. The van der Waals surface area contributed by atoms with Crippen LogP contribution < -0.4 is 5.73 Å². The molecule has 0 bridgehead atoms. The van der Waals surface area contributed by atoms with Crippen molar-refractivity contribution in [1.29, 1.82) is 0 Å². The fraction of sp³-hybridized carbons (Fsp3) is 0.400. The Morgan fingerprint density at radius 3 is 2.83 bits per heavy atom. The van der Waals surface area contributed by atoms with Gasteiger partial charge in [0.05, 0.1) is 0 Å². The molecule has 0 aliphatic heterocycles. The molecular weight excluding hydrogens is 153 g/mol. The zero-order chi connectivity index (χ0) is 8.55. The molecule has 0 amide bonds.